The van der Waals surface area contributed by atoms with Gasteiger partial charge in [0, 0.05) is 28.5 Å². The Morgan fingerprint density at radius 3 is 2.59 bits per heavy atom. The summed E-state index contributed by atoms with van der Waals surface area (Å²) in [5.74, 6) is -4.02. The van der Waals surface area contributed by atoms with E-state index in [0.29, 0.717) is 22.3 Å². The van der Waals surface area contributed by atoms with Crippen LogP contribution in [0.2, 0.25) is 0 Å². The maximum absolute atomic E-state index is 15.6. The monoisotopic (exact) mass is 667 g/mol. The van der Waals surface area contributed by atoms with Crippen LogP contribution < -0.4 is 4.52 Å². The SMILES string of the molecule is CC(c1nc(-c2ccc(C#N)cc2)cs1)C(Cn1cncn1)(OCOC(=O)c1ccccc1OP(=O)(O)O)c1ccc(F)cc1F. The molecule has 0 spiro atoms. The highest BCUT2D eigenvalue weighted by molar-refractivity contribution is 7.46. The Bertz CT molecular complexity index is 1930. The first-order valence-corrected chi connectivity index (χ1v) is 15.8. The molecule has 2 N–H and O–H groups in total. The van der Waals surface area contributed by atoms with Gasteiger partial charge in [0.05, 0.1) is 28.9 Å². The molecule has 2 atom stereocenters. The molecule has 5 aromatic rings. The fourth-order valence-corrected chi connectivity index (χ4v) is 6.12. The molecule has 0 fully saturated rings. The van der Waals surface area contributed by atoms with Crippen LogP contribution in [0.5, 0.6) is 5.75 Å². The van der Waals surface area contributed by atoms with Crippen molar-refractivity contribution in [3.8, 4) is 23.1 Å². The zero-order chi connectivity index (χ0) is 32.9. The van der Waals surface area contributed by atoms with Gasteiger partial charge in [0.25, 0.3) is 0 Å². The molecule has 0 radical (unpaired) electrons. The summed E-state index contributed by atoms with van der Waals surface area (Å²) >= 11 is 1.25. The number of aromatic nitrogens is 4. The van der Waals surface area contributed by atoms with E-state index in [2.05, 4.69) is 20.7 Å². The predicted octanol–water partition coefficient (Wildman–Crippen LogP) is 5.55. The molecular weight excluding hydrogens is 643 g/mol. The molecule has 3 aromatic carbocycles. The molecular formula is C30H24F2N5O7PS. The van der Waals surface area contributed by atoms with E-state index in [1.165, 1.54) is 59.0 Å². The van der Waals surface area contributed by atoms with E-state index in [4.69, 9.17) is 19.7 Å². The van der Waals surface area contributed by atoms with Gasteiger partial charge < -0.3 is 14.0 Å². The third-order valence-corrected chi connectivity index (χ3v) is 8.44. The highest BCUT2D eigenvalue weighted by atomic mass is 32.1. The minimum atomic E-state index is -5.01. The molecule has 0 aliphatic rings. The van der Waals surface area contributed by atoms with Crippen molar-refractivity contribution in [3.63, 3.8) is 0 Å². The van der Waals surface area contributed by atoms with Gasteiger partial charge in [-0.3, -0.25) is 9.79 Å². The van der Waals surface area contributed by atoms with Crippen LogP contribution in [-0.2, 0) is 26.2 Å². The van der Waals surface area contributed by atoms with Crippen molar-refractivity contribution in [3.05, 3.63) is 118 Å². The number of nitrogens with zero attached hydrogens (tertiary/aromatic N) is 5. The number of benzene rings is 3. The van der Waals surface area contributed by atoms with E-state index in [1.807, 2.05) is 0 Å². The standard InChI is InChI=1S/C30H24F2N5O7PS/c1-19(28-36-26(14-46-28)21-8-6-20(13-33)7-9-21)30(15-37-17-34-16-35-37,24-11-10-22(31)12-25(24)32)43-18-42-29(38)23-4-2-3-5-27(23)44-45(39,40)41/h2-12,14,16-17,19H,15,18H2,1H3,(H2,39,40,41). The smallest absolute Gasteiger partial charge is 0.435 e. The van der Waals surface area contributed by atoms with E-state index in [9.17, 15) is 23.5 Å². The molecule has 16 heteroatoms. The summed E-state index contributed by atoms with van der Waals surface area (Å²) in [5.41, 5.74) is -0.330. The summed E-state index contributed by atoms with van der Waals surface area (Å²) in [6, 6.07) is 17.1. The molecule has 2 heterocycles. The fourth-order valence-electron chi connectivity index (χ4n) is 4.73. The van der Waals surface area contributed by atoms with Gasteiger partial charge in [0.2, 0.25) is 0 Å². The largest absolute Gasteiger partial charge is 0.524 e. The van der Waals surface area contributed by atoms with Crippen molar-refractivity contribution >= 4 is 25.1 Å². The summed E-state index contributed by atoms with van der Waals surface area (Å²) < 4.78 is 58.8. The molecule has 0 amide bonds. The van der Waals surface area contributed by atoms with E-state index in [1.54, 1.807) is 36.6 Å². The number of rotatable bonds is 12. The number of halogens is 2. The second-order valence-electron chi connectivity index (χ2n) is 9.86. The minimum absolute atomic E-state index is 0.0895. The Balaban J connectivity index is 1.52. The number of hydrogen-bond donors (Lipinski definition) is 2. The lowest BCUT2D eigenvalue weighted by Crippen LogP contribution is -2.42. The van der Waals surface area contributed by atoms with Crippen molar-refractivity contribution in [2.75, 3.05) is 6.79 Å². The van der Waals surface area contributed by atoms with Gasteiger partial charge in [-0.1, -0.05) is 37.3 Å². The molecule has 0 aliphatic heterocycles. The van der Waals surface area contributed by atoms with Crippen LogP contribution in [0.4, 0.5) is 8.78 Å². The van der Waals surface area contributed by atoms with Crippen LogP contribution in [0.1, 0.15) is 39.3 Å². The average molecular weight is 668 g/mol. The van der Waals surface area contributed by atoms with Gasteiger partial charge >= 0.3 is 13.8 Å². The van der Waals surface area contributed by atoms with Gasteiger partial charge in [0.15, 0.2) is 6.79 Å². The molecule has 0 saturated heterocycles. The molecule has 236 valence electrons. The second kappa shape index (κ2) is 13.7. The number of esters is 1. The third-order valence-electron chi connectivity index (χ3n) is 6.98. The highest BCUT2D eigenvalue weighted by Crippen LogP contribution is 2.45. The lowest BCUT2D eigenvalue weighted by atomic mass is 9.81. The Labute approximate surface area is 264 Å². The number of phosphoric ester groups is 1. The van der Waals surface area contributed by atoms with Crippen molar-refractivity contribution in [2.45, 2.75) is 25.0 Å². The van der Waals surface area contributed by atoms with E-state index in [-0.39, 0.29) is 17.7 Å². The summed E-state index contributed by atoms with van der Waals surface area (Å²) in [6.07, 6.45) is 2.64. The molecule has 2 aromatic heterocycles. The van der Waals surface area contributed by atoms with Gasteiger partial charge in [0.1, 0.15) is 41.2 Å². The van der Waals surface area contributed by atoms with Gasteiger partial charge in [-0.2, -0.15) is 10.4 Å². The molecule has 0 bridgehead atoms. The van der Waals surface area contributed by atoms with E-state index in [0.717, 1.165) is 11.6 Å². The van der Waals surface area contributed by atoms with Crippen LogP contribution in [0.3, 0.4) is 0 Å². The highest BCUT2D eigenvalue weighted by Gasteiger charge is 2.45. The van der Waals surface area contributed by atoms with Gasteiger partial charge in [-0.15, -0.1) is 11.3 Å². The van der Waals surface area contributed by atoms with Crippen LogP contribution in [0, 0.1) is 23.0 Å². The normalized spacial score (nSPS) is 13.4. The van der Waals surface area contributed by atoms with Crippen LogP contribution in [-0.4, -0.2) is 42.3 Å². The molecule has 0 saturated carbocycles. The Kier molecular flexibility index (Phi) is 9.66. The molecule has 12 nitrogen and oxygen atoms in total. The zero-order valence-electron chi connectivity index (χ0n) is 23.9. The maximum Gasteiger partial charge on any atom is 0.524 e. The van der Waals surface area contributed by atoms with Crippen molar-refractivity contribution in [1.29, 1.82) is 5.26 Å². The van der Waals surface area contributed by atoms with Crippen molar-refractivity contribution < 1.29 is 41.9 Å². The number of phosphoric acid groups is 1. The number of carbonyl (C=O) groups excluding carboxylic acids is 1. The molecule has 0 aliphatic carbocycles. The zero-order valence-corrected chi connectivity index (χ0v) is 25.6. The molecule has 2 unspecified atom stereocenters. The van der Waals surface area contributed by atoms with Crippen molar-refractivity contribution in [2.24, 2.45) is 0 Å². The number of ether oxygens (including phenoxy) is 2. The maximum atomic E-state index is 15.6. The summed E-state index contributed by atoms with van der Waals surface area (Å²) in [4.78, 5) is 40.2. The van der Waals surface area contributed by atoms with Gasteiger partial charge in [-0.05, 0) is 30.3 Å². The van der Waals surface area contributed by atoms with E-state index < -0.39 is 49.5 Å². The summed E-state index contributed by atoms with van der Waals surface area (Å²) in [5, 5.41) is 15.5. The molecule has 5 rings (SSSR count). The lowest BCUT2D eigenvalue weighted by Gasteiger charge is -2.38. The number of hydrogen-bond acceptors (Lipinski definition) is 10. The number of carbonyl (C=O) groups is 1. The average Bonchev–Trinajstić information content (AvgIpc) is 3.73. The number of para-hydroxylation sites is 1. The summed E-state index contributed by atoms with van der Waals surface area (Å²) in [6.45, 7) is 0.747. The van der Waals surface area contributed by atoms with Crippen molar-refractivity contribution in [1.82, 2.24) is 19.7 Å². The predicted molar refractivity (Wildman–Crippen MR) is 159 cm³/mol. The second-order valence-corrected chi connectivity index (χ2v) is 11.9. The first kappa shape index (κ1) is 32.6. The Morgan fingerprint density at radius 2 is 1.91 bits per heavy atom. The third kappa shape index (κ3) is 7.34. The quantitative estimate of drug-likeness (QED) is 0.0971. The Hall–Kier alpha value is -4.84. The minimum Gasteiger partial charge on any atom is -0.435 e. The summed E-state index contributed by atoms with van der Waals surface area (Å²) in [7, 11) is -5.01. The topological polar surface area (TPSA) is 170 Å². The van der Waals surface area contributed by atoms with Crippen LogP contribution in [0.15, 0.2) is 84.8 Å². The molecule has 46 heavy (non-hydrogen) atoms. The number of thiazole rings is 1. The van der Waals surface area contributed by atoms with E-state index >= 15 is 4.39 Å². The fraction of sp³-hybridized carbons (Fsp3) is 0.167. The number of nitriles is 1. The van der Waals surface area contributed by atoms with Crippen LogP contribution >= 0.6 is 19.2 Å². The first-order valence-electron chi connectivity index (χ1n) is 13.4. The Morgan fingerprint density at radius 1 is 1.15 bits per heavy atom. The van der Waals surface area contributed by atoms with Crippen LogP contribution in [0.25, 0.3) is 11.3 Å². The van der Waals surface area contributed by atoms with Gasteiger partial charge in [-0.25, -0.2) is 32.8 Å². The first-order chi connectivity index (χ1) is 22.0. The lowest BCUT2D eigenvalue weighted by molar-refractivity contribution is -0.148.